The van der Waals surface area contributed by atoms with Crippen molar-refractivity contribution in [3.63, 3.8) is 0 Å². The monoisotopic (exact) mass is 521 g/mol. The summed E-state index contributed by atoms with van der Waals surface area (Å²) < 4.78 is 65.6. The minimum atomic E-state index is -4.56. The van der Waals surface area contributed by atoms with Crippen molar-refractivity contribution in [2.24, 2.45) is 5.92 Å². The van der Waals surface area contributed by atoms with Crippen LogP contribution in [0, 0.1) is 17.2 Å². The molecular formula is C23H26F3N7O2S. The summed E-state index contributed by atoms with van der Waals surface area (Å²) in [7, 11) is -3.23. The van der Waals surface area contributed by atoms with Gasteiger partial charge in [-0.05, 0) is 38.2 Å². The Labute approximate surface area is 206 Å². The van der Waals surface area contributed by atoms with Crippen molar-refractivity contribution in [1.29, 1.82) is 5.26 Å². The molecule has 0 amide bonds. The number of nitriles is 1. The Bertz CT molecular complexity index is 1390. The van der Waals surface area contributed by atoms with Gasteiger partial charge in [-0.3, -0.25) is 0 Å². The minimum absolute atomic E-state index is 0.0428. The number of fused-ring (bicyclic) bond motifs is 1. The third-order valence-corrected chi connectivity index (χ3v) is 8.48. The predicted octanol–water partition coefficient (Wildman–Crippen LogP) is 4.16. The fourth-order valence-corrected chi connectivity index (χ4v) is 5.68. The summed E-state index contributed by atoms with van der Waals surface area (Å²) in [5.41, 5.74) is -0.0257. The van der Waals surface area contributed by atoms with Crippen LogP contribution < -0.4 is 5.32 Å². The smallest absolute Gasteiger partial charge is 0.351 e. The van der Waals surface area contributed by atoms with E-state index in [4.69, 9.17) is 0 Å². The molecule has 0 bridgehead atoms. The predicted molar refractivity (Wildman–Crippen MR) is 128 cm³/mol. The molecule has 0 spiro atoms. The molecule has 1 unspecified atom stereocenters. The maximum absolute atomic E-state index is 13.3. The first kappa shape index (κ1) is 25.8. The van der Waals surface area contributed by atoms with Crippen LogP contribution >= 0.6 is 0 Å². The van der Waals surface area contributed by atoms with Crippen LogP contribution in [0.5, 0.6) is 0 Å². The lowest BCUT2D eigenvalue weighted by Crippen LogP contribution is -2.43. The van der Waals surface area contributed by atoms with Crippen LogP contribution in [0.25, 0.3) is 22.3 Å². The first-order chi connectivity index (χ1) is 17.1. The van der Waals surface area contributed by atoms with Crippen molar-refractivity contribution in [3.05, 3.63) is 35.8 Å². The topological polar surface area (TPSA) is 128 Å². The number of piperidine rings is 1. The van der Waals surface area contributed by atoms with Gasteiger partial charge in [-0.15, -0.1) is 0 Å². The number of nitrogens with zero attached hydrogens (tertiary/aromatic N) is 5. The molecule has 0 radical (unpaired) electrons. The van der Waals surface area contributed by atoms with Crippen molar-refractivity contribution < 1.29 is 21.6 Å². The molecule has 1 aliphatic heterocycles. The second kappa shape index (κ2) is 10.0. The number of anilines is 1. The maximum Gasteiger partial charge on any atom is 0.417 e. The lowest BCUT2D eigenvalue weighted by atomic mass is 9.89. The van der Waals surface area contributed by atoms with Crippen LogP contribution in [0.1, 0.15) is 44.2 Å². The van der Waals surface area contributed by atoms with Gasteiger partial charge in [0.25, 0.3) is 0 Å². The number of aromatic amines is 1. The number of sulfonamides is 1. The zero-order valence-electron chi connectivity index (χ0n) is 19.8. The van der Waals surface area contributed by atoms with Gasteiger partial charge in [0, 0.05) is 42.5 Å². The fourth-order valence-electron chi connectivity index (χ4n) is 4.55. The first-order valence-electron chi connectivity index (χ1n) is 11.6. The van der Waals surface area contributed by atoms with Gasteiger partial charge in [0.05, 0.1) is 28.8 Å². The highest BCUT2D eigenvalue weighted by Gasteiger charge is 2.32. The molecule has 4 rings (SSSR count). The van der Waals surface area contributed by atoms with E-state index < -0.39 is 21.8 Å². The Morgan fingerprint density at radius 1 is 1.25 bits per heavy atom. The largest absolute Gasteiger partial charge is 0.417 e. The molecule has 0 aliphatic carbocycles. The molecule has 1 saturated heterocycles. The lowest BCUT2D eigenvalue weighted by molar-refractivity contribution is -0.137. The average molecular weight is 522 g/mol. The normalized spacial score (nSPS) is 16.7. The van der Waals surface area contributed by atoms with Crippen LogP contribution in [-0.2, 0) is 16.2 Å². The van der Waals surface area contributed by atoms with E-state index >= 15 is 0 Å². The number of nitrogens with one attached hydrogen (secondary N) is 2. The van der Waals surface area contributed by atoms with Crippen LogP contribution in [0.2, 0.25) is 0 Å². The Balaban J connectivity index is 1.61. The van der Waals surface area contributed by atoms with Gasteiger partial charge in [0.15, 0.2) is 0 Å². The van der Waals surface area contributed by atoms with Gasteiger partial charge in [-0.1, -0.05) is 6.92 Å². The highest BCUT2D eigenvalue weighted by Crippen LogP contribution is 2.35. The summed E-state index contributed by atoms with van der Waals surface area (Å²) in [5, 5.41) is 13.1. The number of hydrogen-bond donors (Lipinski definition) is 2. The summed E-state index contributed by atoms with van der Waals surface area (Å²) >= 11 is 0. The number of halogens is 3. The molecule has 4 heterocycles. The quantitative estimate of drug-likeness (QED) is 0.478. The standard InChI is InChI=1S/C23H26F3N7O2S/c1-3-19(14-5-7-33(8-6-14)36(34,35)4-2)31-22-30-11-15(10-27)20(32-22)18-13-29-21-17(18)9-16(12-28-21)23(24,25)26/h9,11-14,19H,3-8H2,1-2H3,(H,28,29)(H,30,31,32). The van der Waals surface area contributed by atoms with Gasteiger partial charge in [0.2, 0.25) is 16.0 Å². The number of pyridine rings is 1. The molecule has 0 aromatic carbocycles. The minimum Gasteiger partial charge on any atom is -0.351 e. The molecule has 1 atom stereocenters. The average Bonchev–Trinajstić information content (AvgIpc) is 3.30. The van der Waals surface area contributed by atoms with Crippen molar-refractivity contribution in [2.45, 2.75) is 45.3 Å². The second-order valence-electron chi connectivity index (χ2n) is 8.68. The number of hydrogen-bond acceptors (Lipinski definition) is 7. The van der Waals surface area contributed by atoms with E-state index in [2.05, 4.69) is 25.3 Å². The molecule has 1 aliphatic rings. The second-order valence-corrected chi connectivity index (χ2v) is 10.9. The summed E-state index contributed by atoms with van der Waals surface area (Å²) in [4.78, 5) is 15.4. The molecule has 0 saturated carbocycles. The van der Waals surface area contributed by atoms with Crippen LogP contribution in [0.3, 0.4) is 0 Å². The number of alkyl halides is 3. The van der Waals surface area contributed by atoms with Gasteiger partial charge < -0.3 is 10.3 Å². The van der Waals surface area contributed by atoms with Crippen molar-refractivity contribution in [2.75, 3.05) is 24.2 Å². The molecule has 1 fully saturated rings. The van der Waals surface area contributed by atoms with Gasteiger partial charge in [0.1, 0.15) is 11.7 Å². The van der Waals surface area contributed by atoms with Crippen LogP contribution in [0.15, 0.2) is 24.7 Å². The van der Waals surface area contributed by atoms with Crippen molar-refractivity contribution in [1.82, 2.24) is 24.2 Å². The third kappa shape index (κ3) is 5.15. The highest BCUT2D eigenvalue weighted by molar-refractivity contribution is 7.89. The Hall–Kier alpha value is -3.24. The summed E-state index contributed by atoms with van der Waals surface area (Å²) in [6, 6.07) is 2.94. The maximum atomic E-state index is 13.3. The van der Waals surface area contributed by atoms with Gasteiger partial charge in [-0.25, -0.2) is 27.7 Å². The molecule has 3 aromatic rings. The molecule has 13 heteroatoms. The van der Waals surface area contributed by atoms with E-state index in [0.29, 0.717) is 31.5 Å². The van der Waals surface area contributed by atoms with E-state index in [9.17, 15) is 26.9 Å². The Kier molecular flexibility index (Phi) is 7.19. The van der Waals surface area contributed by atoms with Crippen molar-refractivity contribution in [3.8, 4) is 17.3 Å². The SMILES string of the molecule is CCC(Nc1ncc(C#N)c(-c2c[nH]c3ncc(C(F)(F)F)cc23)n1)C1CCN(S(=O)(=O)CC)CC1. The number of aromatic nitrogens is 4. The summed E-state index contributed by atoms with van der Waals surface area (Å²) in [5.74, 6) is 0.504. The van der Waals surface area contributed by atoms with E-state index in [1.807, 2.05) is 13.0 Å². The first-order valence-corrected chi connectivity index (χ1v) is 13.2. The van der Waals surface area contributed by atoms with E-state index in [0.717, 1.165) is 18.7 Å². The number of H-pyrrole nitrogens is 1. The van der Waals surface area contributed by atoms with Crippen molar-refractivity contribution >= 4 is 27.0 Å². The summed E-state index contributed by atoms with van der Waals surface area (Å²) in [6.07, 6.45) is 1.11. The molecule has 192 valence electrons. The molecular weight excluding hydrogens is 495 g/mol. The Morgan fingerprint density at radius 2 is 1.97 bits per heavy atom. The third-order valence-electron chi connectivity index (χ3n) is 6.60. The lowest BCUT2D eigenvalue weighted by Gasteiger charge is -2.35. The van der Waals surface area contributed by atoms with Crippen LogP contribution in [-0.4, -0.2) is 57.5 Å². The molecule has 9 nitrogen and oxygen atoms in total. The molecule has 2 N–H and O–H groups in total. The van der Waals surface area contributed by atoms with E-state index in [-0.39, 0.29) is 46.0 Å². The van der Waals surface area contributed by atoms with Gasteiger partial charge >= 0.3 is 6.18 Å². The van der Waals surface area contributed by atoms with Crippen LogP contribution in [0.4, 0.5) is 19.1 Å². The zero-order chi connectivity index (χ0) is 26.1. The Morgan fingerprint density at radius 3 is 2.58 bits per heavy atom. The summed E-state index contributed by atoms with van der Waals surface area (Å²) in [6.45, 7) is 4.53. The van der Waals surface area contributed by atoms with Gasteiger partial charge in [-0.2, -0.15) is 18.4 Å². The van der Waals surface area contributed by atoms with E-state index in [1.165, 1.54) is 16.7 Å². The molecule has 3 aromatic heterocycles. The fraction of sp³-hybridized carbons (Fsp3) is 0.478. The highest BCUT2D eigenvalue weighted by atomic mass is 32.2. The molecule has 36 heavy (non-hydrogen) atoms. The number of rotatable bonds is 7. The zero-order valence-corrected chi connectivity index (χ0v) is 20.6. The van der Waals surface area contributed by atoms with E-state index in [1.54, 1.807) is 6.92 Å².